The molecule has 0 unspecified atom stereocenters. The van der Waals surface area contributed by atoms with Crippen molar-refractivity contribution in [1.82, 2.24) is 34.2 Å². The van der Waals surface area contributed by atoms with Crippen LogP contribution in [0.3, 0.4) is 0 Å². The number of rotatable bonds is 4. The molecule has 0 spiro atoms. The number of carbonyl (C=O) groups is 1. The Labute approximate surface area is 171 Å². The van der Waals surface area contributed by atoms with Crippen molar-refractivity contribution in [3.63, 3.8) is 0 Å². The molecule has 0 aliphatic carbocycles. The number of hydrogen-bond donors (Lipinski definition) is 1. The summed E-state index contributed by atoms with van der Waals surface area (Å²) >= 11 is 0. The predicted molar refractivity (Wildman–Crippen MR) is 110 cm³/mol. The zero-order chi connectivity index (χ0) is 20.5. The van der Waals surface area contributed by atoms with Crippen LogP contribution >= 0.6 is 0 Å². The van der Waals surface area contributed by atoms with Crippen LogP contribution in [0.15, 0.2) is 61.6 Å². The lowest BCUT2D eigenvalue weighted by Crippen LogP contribution is -2.33. The fourth-order valence-corrected chi connectivity index (χ4v) is 3.66. The Morgan fingerprint density at radius 1 is 1.17 bits per heavy atom. The first-order valence-corrected chi connectivity index (χ1v) is 9.59. The van der Waals surface area contributed by atoms with Crippen LogP contribution in [0.5, 0.6) is 0 Å². The summed E-state index contributed by atoms with van der Waals surface area (Å²) in [5.74, 6) is 0. The molecule has 1 aliphatic rings. The number of fused-ring (bicyclic) bond motifs is 1. The van der Waals surface area contributed by atoms with Crippen molar-refractivity contribution in [2.75, 3.05) is 13.1 Å². The van der Waals surface area contributed by atoms with Crippen molar-refractivity contribution in [2.24, 2.45) is 0 Å². The number of aromatic nitrogens is 6. The summed E-state index contributed by atoms with van der Waals surface area (Å²) in [5.41, 5.74) is 4.77. The number of amides is 1. The Balaban J connectivity index is 1.33. The summed E-state index contributed by atoms with van der Waals surface area (Å²) in [6.07, 6.45) is 10.5. The second-order valence-corrected chi connectivity index (χ2v) is 7.13. The van der Waals surface area contributed by atoms with E-state index in [2.05, 4.69) is 42.8 Å². The fourth-order valence-electron chi connectivity index (χ4n) is 3.66. The van der Waals surface area contributed by atoms with E-state index in [9.17, 15) is 4.79 Å². The van der Waals surface area contributed by atoms with E-state index in [0.29, 0.717) is 26.1 Å². The largest absolute Gasteiger partial charge is 0.465 e. The molecule has 150 valence electrons. The van der Waals surface area contributed by atoms with Gasteiger partial charge in [0.25, 0.3) is 0 Å². The summed E-state index contributed by atoms with van der Waals surface area (Å²) in [7, 11) is 0. The second-order valence-electron chi connectivity index (χ2n) is 7.13. The molecule has 5 rings (SSSR count). The maximum atomic E-state index is 11.0. The topological polar surface area (TPSA) is 102 Å². The molecular weight excluding hydrogens is 382 g/mol. The lowest BCUT2D eigenvalue weighted by Gasteiger charge is -2.23. The zero-order valence-electron chi connectivity index (χ0n) is 16.1. The first kappa shape index (κ1) is 18.0. The third-order valence-electron chi connectivity index (χ3n) is 5.28. The summed E-state index contributed by atoms with van der Waals surface area (Å²) in [5, 5.41) is 14.3. The molecule has 9 heteroatoms. The van der Waals surface area contributed by atoms with Crippen LogP contribution in [0.4, 0.5) is 4.79 Å². The average molecular weight is 401 g/mol. The van der Waals surface area contributed by atoms with Crippen molar-refractivity contribution < 1.29 is 9.90 Å². The molecule has 1 aromatic carbocycles. The van der Waals surface area contributed by atoms with Gasteiger partial charge in [-0.15, -0.1) is 0 Å². The van der Waals surface area contributed by atoms with Crippen LogP contribution in [0.1, 0.15) is 17.8 Å². The van der Waals surface area contributed by atoms with E-state index >= 15 is 0 Å². The fraction of sp³-hybridized carbons (Fsp3) is 0.190. The monoisotopic (exact) mass is 401 g/mol. The molecule has 0 atom stereocenters. The van der Waals surface area contributed by atoms with Gasteiger partial charge in [-0.1, -0.05) is 6.08 Å². The summed E-state index contributed by atoms with van der Waals surface area (Å²) in [6, 6.07) is 8.22. The van der Waals surface area contributed by atoms with Crippen molar-refractivity contribution in [3.8, 4) is 5.69 Å². The lowest BCUT2D eigenvalue weighted by molar-refractivity contribution is 0.150. The quantitative estimate of drug-likeness (QED) is 0.564. The van der Waals surface area contributed by atoms with Gasteiger partial charge in [0.1, 0.15) is 12.7 Å². The van der Waals surface area contributed by atoms with Gasteiger partial charge in [0.15, 0.2) is 0 Å². The maximum absolute atomic E-state index is 11.0. The summed E-state index contributed by atoms with van der Waals surface area (Å²) in [4.78, 5) is 25.5. The first-order chi connectivity index (χ1) is 14.7. The minimum Gasteiger partial charge on any atom is -0.465 e. The molecule has 1 aliphatic heterocycles. The molecule has 1 amide bonds. The molecule has 0 fully saturated rings. The molecule has 0 bridgehead atoms. The van der Waals surface area contributed by atoms with E-state index < -0.39 is 6.09 Å². The van der Waals surface area contributed by atoms with E-state index in [0.717, 1.165) is 33.6 Å². The van der Waals surface area contributed by atoms with Gasteiger partial charge in [0, 0.05) is 30.2 Å². The second kappa shape index (κ2) is 7.43. The van der Waals surface area contributed by atoms with Gasteiger partial charge in [-0.25, -0.2) is 14.5 Å². The van der Waals surface area contributed by atoms with E-state index in [4.69, 9.17) is 5.11 Å². The minimum absolute atomic E-state index is 0.389. The van der Waals surface area contributed by atoms with Gasteiger partial charge in [-0.2, -0.15) is 5.10 Å². The number of hydrogen-bond acceptors (Lipinski definition) is 5. The van der Waals surface area contributed by atoms with E-state index in [1.807, 2.05) is 18.3 Å². The highest BCUT2D eigenvalue weighted by atomic mass is 16.4. The number of nitrogens with zero attached hydrogens (tertiary/aromatic N) is 7. The van der Waals surface area contributed by atoms with E-state index in [1.54, 1.807) is 23.4 Å². The maximum Gasteiger partial charge on any atom is 0.407 e. The molecular formula is C21H19N7O2. The van der Waals surface area contributed by atoms with Gasteiger partial charge in [0.05, 0.1) is 36.0 Å². The Kier molecular flexibility index (Phi) is 4.47. The molecule has 30 heavy (non-hydrogen) atoms. The SMILES string of the molecule is O=C(O)N1CC=C(c2cnc(Cn3ccc4cc(-n5cncn5)ccc43)cn2)CC1. The molecule has 0 saturated heterocycles. The molecule has 1 N–H and O–H groups in total. The standard InChI is InChI=1S/C21H19N7O2/c29-21(30)26-6-3-15(4-7-26)19-11-23-17(10-24-19)12-27-8-5-16-9-18(1-2-20(16)27)28-14-22-13-25-28/h1-3,5,8-11,13-14H,4,6-7,12H2,(H,29,30). The van der Waals surface area contributed by atoms with Gasteiger partial charge < -0.3 is 14.6 Å². The summed E-state index contributed by atoms with van der Waals surface area (Å²) in [6.45, 7) is 1.49. The van der Waals surface area contributed by atoms with Crippen molar-refractivity contribution in [3.05, 3.63) is 73.0 Å². The third-order valence-corrected chi connectivity index (χ3v) is 5.28. The van der Waals surface area contributed by atoms with Gasteiger partial charge in [-0.05, 0) is 36.3 Å². The van der Waals surface area contributed by atoms with Crippen LogP contribution < -0.4 is 0 Å². The Morgan fingerprint density at radius 2 is 2.10 bits per heavy atom. The smallest absolute Gasteiger partial charge is 0.407 e. The predicted octanol–water partition coefficient (Wildman–Crippen LogP) is 2.83. The number of benzene rings is 1. The summed E-state index contributed by atoms with van der Waals surface area (Å²) < 4.78 is 3.87. The molecule has 3 aromatic heterocycles. The minimum atomic E-state index is -0.890. The third kappa shape index (κ3) is 3.41. The highest BCUT2D eigenvalue weighted by Crippen LogP contribution is 2.22. The molecule has 4 aromatic rings. The van der Waals surface area contributed by atoms with E-state index in [-0.39, 0.29) is 0 Å². The van der Waals surface area contributed by atoms with Gasteiger partial charge in [0.2, 0.25) is 0 Å². The highest BCUT2D eigenvalue weighted by molar-refractivity contribution is 5.82. The van der Waals surface area contributed by atoms with Crippen LogP contribution in [-0.4, -0.2) is 58.5 Å². The zero-order valence-corrected chi connectivity index (χ0v) is 16.1. The molecule has 0 saturated carbocycles. The Morgan fingerprint density at radius 3 is 2.80 bits per heavy atom. The Bertz CT molecular complexity index is 1230. The first-order valence-electron chi connectivity index (χ1n) is 9.59. The van der Waals surface area contributed by atoms with Crippen molar-refractivity contribution in [1.29, 1.82) is 0 Å². The molecule has 0 radical (unpaired) electrons. The van der Waals surface area contributed by atoms with Crippen molar-refractivity contribution in [2.45, 2.75) is 13.0 Å². The highest BCUT2D eigenvalue weighted by Gasteiger charge is 2.17. The van der Waals surface area contributed by atoms with E-state index in [1.165, 1.54) is 11.2 Å². The van der Waals surface area contributed by atoms with Crippen molar-refractivity contribution >= 4 is 22.6 Å². The lowest BCUT2D eigenvalue weighted by atomic mass is 10.1. The van der Waals surface area contributed by atoms with Gasteiger partial charge in [-0.3, -0.25) is 9.97 Å². The van der Waals surface area contributed by atoms with Crippen LogP contribution in [0, 0.1) is 0 Å². The molecule has 9 nitrogen and oxygen atoms in total. The van der Waals surface area contributed by atoms with Crippen LogP contribution in [0.2, 0.25) is 0 Å². The van der Waals surface area contributed by atoms with Crippen LogP contribution in [-0.2, 0) is 6.54 Å². The average Bonchev–Trinajstić information content (AvgIpc) is 3.45. The van der Waals surface area contributed by atoms with Crippen LogP contribution in [0.25, 0.3) is 22.2 Å². The number of carboxylic acid groups (broad SMARTS) is 1. The Hall–Kier alpha value is -4.01. The van der Waals surface area contributed by atoms with Gasteiger partial charge >= 0.3 is 6.09 Å². The molecule has 4 heterocycles. The normalized spacial score (nSPS) is 14.1.